The molecule has 15 heavy (non-hydrogen) atoms. The van der Waals surface area contributed by atoms with E-state index in [0.29, 0.717) is 6.61 Å². The van der Waals surface area contributed by atoms with Crippen LogP contribution in [-0.2, 0) is 0 Å². The molecule has 0 saturated heterocycles. The Balaban J connectivity index is 0.00000196. The molecule has 1 aromatic rings. The van der Waals surface area contributed by atoms with Crippen molar-refractivity contribution in [3.8, 4) is 5.75 Å². The zero-order chi connectivity index (χ0) is 10.7. The molecular weight excluding hydrogens is 277 g/mol. The highest BCUT2D eigenvalue weighted by atomic mass is 79.9. The summed E-state index contributed by atoms with van der Waals surface area (Å²) in [6, 6.07) is 4.16. The molecule has 0 bridgehead atoms. The number of ether oxygens (including phenoxy) is 1. The number of aryl methyl sites for hydroxylation is 2. The standard InChI is InChI=1S/C11H16BrNO.ClH/c1-7-4-10(12)5-8(2)11(7)14-6-9(3)13;/h4-5,9H,6,13H2,1-3H3;1H. The van der Waals surface area contributed by atoms with Gasteiger partial charge in [0.1, 0.15) is 12.4 Å². The molecule has 0 heterocycles. The van der Waals surface area contributed by atoms with Crippen molar-refractivity contribution in [2.45, 2.75) is 26.8 Å². The van der Waals surface area contributed by atoms with Crippen molar-refractivity contribution in [2.24, 2.45) is 5.73 Å². The van der Waals surface area contributed by atoms with Gasteiger partial charge in [-0.2, -0.15) is 0 Å². The van der Waals surface area contributed by atoms with Gasteiger partial charge in [0.15, 0.2) is 0 Å². The van der Waals surface area contributed by atoms with E-state index in [1.165, 1.54) is 0 Å². The summed E-state index contributed by atoms with van der Waals surface area (Å²) in [5.74, 6) is 0.950. The summed E-state index contributed by atoms with van der Waals surface area (Å²) in [7, 11) is 0. The fraction of sp³-hybridized carbons (Fsp3) is 0.455. The molecule has 0 radical (unpaired) electrons. The first kappa shape index (κ1) is 14.8. The van der Waals surface area contributed by atoms with E-state index in [1.54, 1.807) is 0 Å². The minimum Gasteiger partial charge on any atom is -0.491 e. The van der Waals surface area contributed by atoms with Gasteiger partial charge in [0.25, 0.3) is 0 Å². The van der Waals surface area contributed by atoms with Crippen LogP contribution in [0.4, 0.5) is 0 Å². The summed E-state index contributed by atoms with van der Waals surface area (Å²) >= 11 is 3.45. The Morgan fingerprint density at radius 3 is 2.20 bits per heavy atom. The SMILES string of the molecule is Cc1cc(Br)cc(C)c1OCC(C)N.Cl. The van der Waals surface area contributed by atoms with Crippen molar-refractivity contribution < 1.29 is 4.74 Å². The van der Waals surface area contributed by atoms with Gasteiger partial charge in [-0.05, 0) is 44.0 Å². The van der Waals surface area contributed by atoms with E-state index in [2.05, 4.69) is 15.9 Å². The van der Waals surface area contributed by atoms with Crippen LogP contribution in [0.25, 0.3) is 0 Å². The zero-order valence-electron chi connectivity index (χ0n) is 9.21. The van der Waals surface area contributed by atoms with Crippen molar-refractivity contribution in [3.63, 3.8) is 0 Å². The van der Waals surface area contributed by atoms with Crippen molar-refractivity contribution in [3.05, 3.63) is 27.7 Å². The van der Waals surface area contributed by atoms with Crippen LogP contribution in [0.2, 0.25) is 0 Å². The molecule has 0 aliphatic rings. The first-order chi connectivity index (χ1) is 6.50. The first-order valence-electron chi connectivity index (χ1n) is 4.66. The van der Waals surface area contributed by atoms with Gasteiger partial charge in [-0.15, -0.1) is 12.4 Å². The molecule has 4 heteroatoms. The van der Waals surface area contributed by atoms with E-state index in [9.17, 15) is 0 Å². The lowest BCUT2D eigenvalue weighted by atomic mass is 10.1. The Hall–Kier alpha value is -0.250. The smallest absolute Gasteiger partial charge is 0.125 e. The lowest BCUT2D eigenvalue weighted by molar-refractivity contribution is 0.292. The van der Waals surface area contributed by atoms with Crippen LogP contribution in [0, 0.1) is 13.8 Å². The average molecular weight is 295 g/mol. The van der Waals surface area contributed by atoms with Crippen LogP contribution >= 0.6 is 28.3 Å². The van der Waals surface area contributed by atoms with Crippen LogP contribution in [0.3, 0.4) is 0 Å². The van der Waals surface area contributed by atoms with Crippen molar-refractivity contribution >= 4 is 28.3 Å². The summed E-state index contributed by atoms with van der Waals surface area (Å²) in [5, 5.41) is 0. The molecule has 0 amide bonds. The van der Waals surface area contributed by atoms with E-state index in [4.69, 9.17) is 10.5 Å². The maximum Gasteiger partial charge on any atom is 0.125 e. The fourth-order valence-electron chi connectivity index (χ4n) is 1.34. The molecule has 1 atom stereocenters. The van der Waals surface area contributed by atoms with Crippen LogP contribution in [-0.4, -0.2) is 12.6 Å². The number of hydrogen-bond donors (Lipinski definition) is 1. The van der Waals surface area contributed by atoms with Crippen LogP contribution in [0.15, 0.2) is 16.6 Å². The summed E-state index contributed by atoms with van der Waals surface area (Å²) in [4.78, 5) is 0. The third-order valence-electron chi connectivity index (χ3n) is 1.92. The average Bonchev–Trinajstić information content (AvgIpc) is 2.01. The van der Waals surface area contributed by atoms with Crippen LogP contribution in [0.1, 0.15) is 18.1 Å². The number of rotatable bonds is 3. The molecule has 86 valence electrons. The fourth-order valence-corrected chi connectivity index (χ4v) is 2.03. The van der Waals surface area contributed by atoms with Gasteiger partial charge in [-0.25, -0.2) is 0 Å². The van der Waals surface area contributed by atoms with E-state index in [-0.39, 0.29) is 18.4 Å². The summed E-state index contributed by atoms with van der Waals surface area (Å²) in [5.41, 5.74) is 7.91. The second-order valence-electron chi connectivity index (χ2n) is 3.66. The highest BCUT2D eigenvalue weighted by molar-refractivity contribution is 9.10. The van der Waals surface area contributed by atoms with Gasteiger partial charge in [-0.1, -0.05) is 15.9 Å². The molecule has 0 saturated carbocycles. The maximum absolute atomic E-state index is 5.64. The second kappa shape index (κ2) is 6.36. The summed E-state index contributed by atoms with van der Waals surface area (Å²) in [6.45, 7) is 6.56. The van der Waals surface area contributed by atoms with Crippen LogP contribution < -0.4 is 10.5 Å². The molecule has 2 nitrogen and oxygen atoms in total. The lowest BCUT2D eigenvalue weighted by Crippen LogP contribution is -2.24. The van der Waals surface area contributed by atoms with Crippen molar-refractivity contribution in [2.75, 3.05) is 6.61 Å². The number of halogens is 2. The number of nitrogens with two attached hydrogens (primary N) is 1. The van der Waals surface area contributed by atoms with Crippen molar-refractivity contribution in [1.82, 2.24) is 0 Å². The Bertz CT molecular complexity index is 305. The van der Waals surface area contributed by atoms with Crippen molar-refractivity contribution in [1.29, 1.82) is 0 Å². The normalized spacial score (nSPS) is 11.8. The minimum absolute atomic E-state index is 0. The van der Waals surface area contributed by atoms with Gasteiger partial charge >= 0.3 is 0 Å². The van der Waals surface area contributed by atoms with E-state index >= 15 is 0 Å². The molecule has 0 aliphatic carbocycles. The first-order valence-corrected chi connectivity index (χ1v) is 5.45. The van der Waals surface area contributed by atoms with Gasteiger partial charge in [0, 0.05) is 10.5 Å². The molecule has 1 rings (SSSR count). The molecule has 1 aromatic carbocycles. The quantitative estimate of drug-likeness (QED) is 0.929. The maximum atomic E-state index is 5.64. The lowest BCUT2D eigenvalue weighted by Gasteiger charge is -2.14. The van der Waals surface area contributed by atoms with Crippen LogP contribution in [0.5, 0.6) is 5.75 Å². The van der Waals surface area contributed by atoms with Gasteiger partial charge in [-0.3, -0.25) is 0 Å². The van der Waals surface area contributed by atoms with Gasteiger partial charge < -0.3 is 10.5 Å². The summed E-state index contributed by atoms with van der Waals surface area (Å²) < 4.78 is 6.72. The van der Waals surface area contributed by atoms with E-state index < -0.39 is 0 Å². The number of hydrogen-bond acceptors (Lipinski definition) is 2. The Morgan fingerprint density at radius 1 is 1.33 bits per heavy atom. The molecule has 0 aliphatic heterocycles. The zero-order valence-corrected chi connectivity index (χ0v) is 11.6. The monoisotopic (exact) mass is 293 g/mol. The highest BCUT2D eigenvalue weighted by Gasteiger charge is 2.06. The molecule has 0 fully saturated rings. The predicted molar refractivity (Wildman–Crippen MR) is 70.0 cm³/mol. The third-order valence-corrected chi connectivity index (χ3v) is 2.37. The second-order valence-corrected chi connectivity index (χ2v) is 4.57. The topological polar surface area (TPSA) is 35.2 Å². The molecule has 1 unspecified atom stereocenters. The highest BCUT2D eigenvalue weighted by Crippen LogP contribution is 2.27. The Kier molecular flexibility index (Phi) is 6.25. The number of benzene rings is 1. The largest absolute Gasteiger partial charge is 0.491 e. The Morgan fingerprint density at radius 2 is 1.80 bits per heavy atom. The molecule has 0 spiro atoms. The molecule has 0 aromatic heterocycles. The predicted octanol–water partition coefficient (Wildman–Crippen LogP) is 3.21. The van der Waals surface area contributed by atoms with E-state index in [0.717, 1.165) is 21.3 Å². The molecule has 2 N–H and O–H groups in total. The molecular formula is C11H17BrClNO. The van der Waals surface area contributed by atoms with E-state index in [1.807, 2.05) is 32.9 Å². The van der Waals surface area contributed by atoms with Gasteiger partial charge in [0.05, 0.1) is 0 Å². The summed E-state index contributed by atoms with van der Waals surface area (Å²) in [6.07, 6.45) is 0. The Labute approximate surface area is 106 Å². The third kappa shape index (κ3) is 4.41. The minimum atomic E-state index is 0. The van der Waals surface area contributed by atoms with Gasteiger partial charge in [0.2, 0.25) is 0 Å².